The van der Waals surface area contributed by atoms with Gasteiger partial charge in [-0.15, -0.1) is 0 Å². The average molecular weight is 279 g/mol. The molecule has 1 aliphatic rings. The number of rotatable bonds is 3. The average Bonchev–Trinajstić information content (AvgIpc) is 2.70. The Bertz CT molecular complexity index is 450. The molecule has 1 aliphatic heterocycles. The van der Waals surface area contributed by atoms with Crippen molar-refractivity contribution < 1.29 is 9.53 Å². The largest absolute Gasteiger partial charge is 0.488 e. The molecule has 1 saturated heterocycles. The van der Waals surface area contributed by atoms with E-state index in [9.17, 15) is 4.79 Å². The first kappa shape index (κ1) is 14.3. The number of benzene rings is 1. The van der Waals surface area contributed by atoms with E-state index in [1.807, 2.05) is 49.9 Å². The molecule has 0 bridgehead atoms. The molecule has 0 spiro atoms. The van der Waals surface area contributed by atoms with Crippen LogP contribution in [0.1, 0.15) is 27.2 Å². The van der Waals surface area contributed by atoms with E-state index in [1.54, 1.807) is 0 Å². The molecule has 1 heterocycles. The molecular formula is C15H21NO2S. The van der Waals surface area contributed by atoms with Gasteiger partial charge in [-0.05, 0) is 56.7 Å². The van der Waals surface area contributed by atoms with E-state index < -0.39 is 0 Å². The van der Waals surface area contributed by atoms with Gasteiger partial charge >= 0.3 is 0 Å². The Labute approximate surface area is 120 Å². The van der Waals surface area contributed by atoms with Gasteiger partial charge in [0.05, 0.1) is 0 Å². The molecule has 1 aromatic rings. The van der Waals surface area contributed by atoms with Crippen LogP contribution in [0.5, 0.6) is 5.75 Å². The summed E-state index contributed by atoms with van der Waals surface area (Å²) in [4.78, 5) is 13.8. The van der Waals surface area contributed by atoms with Gasteiger partial charge in [-0.3, -0.25) is 4.79 Å². The normalized spacial score (nSPS) is 19.9. The molecule has 3 nitrogen and oxygen atoms in total. The van der Waals surface area contributed by atoms with Gasteiger partial charge in [-0.2, -0.15) is 12.6 Å². The zero-order valence-electron chi connectivity index (χ0n) is 11.7. The maximum absolute atomic E-state index is 11.9. The molecule has 1 atom stereocenters. The maximum atomic E-state index is 11.9. The fourth-order valence-electron chi connectivity index (χ4n) is 2.20. The van der Waals surface area contributed by atoms with Gasteiger partial charge in [0, 0.05) is 18.7 Å². The maximum Gasteiger partial charge on any atom is 0.227 e. The summed E-state index contributed by atoms with van der Waals surface area (Å²) >= 11 is 4.27. The molecule has 104 valence electrons. The highest BCUT2D eigenvalue weighted by molar-refractivity contribution is 7.80. The predicted octanol–water partition coefficient (Wildman–Crippen LogP) is 3.15. The van der Waals surface area contributed by atoms with E-state index in [-0.39, 0.29) is 11.5 Å². The fraction of sp³-hybridized carbons (Fsp3) is 0.533. The molecule has 1 amide bonds. The molecule has 0 aromatic heterocycles. The number of hydrogen-bond acceptors (Lipinski definition) is 3. The molecule has 0 aliphatic carbocycles. The minimum absolute atomic E-state index is 0.184. The van der Waals surface area contributed by atoms with Crippen molar-refractivity contribution in [1.82, 2.24) is 0 Å². The van der Waals surface area contributed by atoms with Gasteiger partial charge in [0.2, 0.25) is 5.91 Å². The number of amides is 1. The SMILES string of the molecule is CC(C)(C)Oc1ccc(N2CC(CS)CC2=O)cc1. The molecule has 0 radical (unpaired) electrons. The van der Waals surface area contributed by atoms with Crippen molar-refractivity contribution in [3.05, 3.63) is 24.3 Å². The smallest absolute Gasteiger partial charge is 0.227 e. The van der Waals surface area contributed by atoms with E-state index in [2.05, 4.69) is 12.6 Å². The fourth-order valence-corrected chi connectivity index (χ4v) is 2.45. The predicted molar refractivity (Wildman–Crippen MR) is 81.1 cm³/mol. The molecule has 4 heteroatoms. The van der Waals surface area contributed by atoms with Crippen molar-refractivity contribution in [1.29, 1.82) is 0 Å². The van der Waals surface area contributed by atoms with Crippen molar-refractivity contribution in [2.45, 2.75) is 32.8 Å². The van der Waals surface area contributed by atoms with Crippen LogP contribution in [0.25, 0.3) is 0 Å². The van der Waals surface area contributed by atoms with Crippen molar-refractivity contribution >= 4 is 24.2 Å². The number of anilines is 1. The first-order valence-corrected chi connectivity index (χ1v) is 7.22. The zero-order chi connectivity index (χ0) is 14.0. The number of hydrogen-bond donors (Lipinski definition) is 1. The van der Waals surface area contributed by atoms with E-state index in [1.165, 1.54) is 0 Å². The van der Waals surface area contributed by atoms with Crippen LogP contribution in [0.4, 0.5) is 5.69 Å². The molecule has 1 fully saturated rings. The second kappa shape index (κ2) is 5.45. The van der Waals surface area contributed by atoms with Crippen LogP contribution in [0, 0.1) is 5.92 Å². The third-order valence-corrected chi connectivity index (χ3v) is 3.55. The Morgan fingerprint density at radius 3 is 2.42 bits per heavy atom. The van der Waals surface area contributed by atoms with Crippen LogP contribution >= 0.6 is 12.6 Å². The van der Waals surface area contributed by atoms with E-state index in [0.717, 1.165) is 23.7 Å². The quantitative estimate of drug-likeness (QED) is 0.861. The number of carbonyl (C=O) groups excluding carboxylic acids is 1. The number of nitrogens with zero attached hydrogens (tertiary/aromatic N) is 1. The van der Waals surface area contributed by atoms with Crippen LogP contribution in [0.2, 0.25) is 0 Å². The Morgan fingerprint density at radius 1 is 1.32 bits per heavy atom. The van der Waals surface area contributed by atoms with Crippen LogP contribution in [0.15, 0.2) is 24.3 Å². The van der Waals surface area contributed by atoms with Gasteiger partial charge < -0.3 is 9.64 Å². The summed E-state index contributed by atoms with van der Waals surface area (Å²) in [5.41, 5.74) is 0.734. The van der Waals surface area contributed by atoms with Crippen LogP contribution in [0.3, 0.4) is 0 Å². The van der Waals surface area contributed by atoms with Crippen molar-refractivity contribution in [2.75, 3.05) is 17.2 Å². The molecule has 1 unspecified atom stereocenters. The summed E-state index contributed by atoms with van der Waals surface area (Å²) in [5.74, 6) is 2.13. The third kappa shape index (κ3) is 3.66. The number of ether oxygens (including phenoxy) is 1. The first-order chi connectivity index (χ1) is 8.89. The summed E-state index contributed by atoms with van der Waals surface area (Å²) in [7, 11) is 0. The van der Waals surface area contributed by atoms with Crippen LogP contribution < -0.4 is 9.64 Å². The summed E-state index contributed by atoms with van der Waals surface area (Å²) in [6.07, 6.45) is 0.601. The lowest BCUT2D eigenvalue weighted by molar-refractivity contribution is -0.117. The van der Waals surface area contributed by atoms with Gasteiger partial charge in [0.1, 0.15) is 11.4 Å². The molecule has 0 saturated carbocycles. The summed E-state index contributed by atoms with van der Waals surface area (Å²) in [6, 6.07) is 7.73. The Hall–Kier alpha value is -1.16. The summed E-state index contributed by atoms with van der Waals surface area (Å²) in [6.45, 7) is 6.81. The second-order valence-electron chi connectivity index (χ2n) is 5.97. The van der Waals surface area contributed by atoms with Crippen LogP contribution in [-0.2, 0) is 4.79 Å². The highest BCUT2D eigenvalue weighted by Crippen LogP contribution is 2.28. The minimum atomic E-state index is -0.206. The summed E-state index contributed by atoms with van der Waals surface area (Å²) < 4.78 is 5.77. The molecule has 0 N–H and O–H groups in total. The highest BCUT2D eigenvalue weighted by atomic mass is 32.1. The van der Waals surface area contributed by atoms with Gasteiger partial charge in [-0.1, -0.05) is 0 Å². The molecular weight excluding hydrogens is 258 g/mol. The third-order valence-electron chi connectivity index (χ3n) is 3.04. The zero-order valence-corrected chi connectivity index (χ0v) is 12.6. The van der Waals surface area contributed by atoms with Crippen molar-refractivity contribution in [2.24, 2.45) is 5.92 Å². The molecule has 19 heavy (non-hydrogen) atoms. The number of carbonyl (C=O) groups is 1. The van der Waals surface area contributed by atoms with Gasteiger partial charge in [0.15, 0.2) is 0 Å². The molecule has 1 aromatic carbocycles. The minimum Gasteiger partial charge on any atom is -0.488 e. The van der Waals surface area contributed by atoms with Crippen molar-refractivity contribution in [3.8, 4) is 5.75 Å². The monoisotopic (exact) mass is 279 g/mol. The Morgan fingerprint density at radius 2 is 1.95 bits per heavy atom. The lowest BCUT2D eigenvalue weighted by Crippen LogP contribution is -2.25. The van der Waals surface area contributed by atoms with E-state index in [0.29, 0.717) is 12.3 Å². The summed E-state index contributed by atoms with van der Waals surface area (Å²) in [5, 5.41) is 0. The van der Waals surface area contributed by atoms with E-state index >= 15 is 0 Å². The molecule has 2 rings (SSSR count). The lowest BCUT2D eigenvalue weighted by Gasteiger charge is -2.22. The Kier molecular flexibility index (Phi) is 4.09. The topological polar surface area (TPSA) is 29.5 Å². The van der Waals surface area contributed by atoms with Gasteiger partial charge in [-0.25, -0.2) is 0 Å². The van der Waals surface area contributed by atoms with Gasteiger partial charge in [0.25, 0.3) is 0 Å². The second-order valence-corrected chi connectivity index (χ2v) is 6.33. The van der Waals surface area contributed by atoms with Crippen LogP contribution in [-0.4, -0.2) is 23.8 Å². The van der Waals surface area contributed by atoms with Crippen molar-refractivity contribution in [3.63, 3.8) is 0 Å². The Balaban J connectivity index is 2.08. The number of thiol groups is 1. The standard InChI is InChI=1S/C15H21NO2S/c1-15(2,3)18-13-6-4-12(5-7-13)16-9-11(10-19)8-14(16)17/h4-7,11,19H,8-10H2,1-3H3. The van der Waals surface area contributed by atoms with E-state index in [4.69, 9.17) is 4.74 Å². The highest BCUT2D eigenvalue weighted by Gasteiger charge is 2.29. The lowest BCUT2D eigenvalue weighted by atomic mass is 10.1. The first-order valence-electron chi connectivity index (χ1n) is 6.59.